The van der Waals surface area contributed by atoms with Crippen molar-refractivity contribution >= 4 is 5.69 Å². The molecule has 72 valence electrons. The Morgan fingerprint density at radius 3 is 2.64 bits per heavy atom. The number of rotatable bonds is 2. The first-order valence-electron chi connectivity index (χ1n) is 4.44. The second-order valence-corrected chi connectivity index (χ2v) is 3.22. The fraction of sp³-hybridized carbons (Fsp3) is 0.200. The first-order valence-corrected chi connectivity index (χ1v) is 4.44. The molecule has 0 unspecified atom stereocenters. The molecule has 0 bridgehead atoms. The van der Waals surface area contributed by atoms with Crippen LogP contribution in [-0.4, -0.2) is 14.8 Å². The van der Waals surface area contributed by atoms with Crippen LogP contribution in [0.4, 0.5) is 5.69 Å². The van der Waals surface area contributed by atoms with Crippen molar-refractivity contribution in [3.63, 3.8) is 0 Å². The monoisotopic (exact) mass is 188 g/mol. The smallest absolute Gasteiger partial charge is 0.0823 e. The van der Waals surface area contributed by atoms with Crippen LogP contribution in [-0.2, 0) is 6.54 Å². The van der Waals surface area contributed by atoms with Gasteiger partial charge in [-0.15, -0.1) is 0 Å². The van der Waals surface area contributed by atoms with Crippen LogP contribution in [0.3, 0.4) is 0 Å². The lowest BCUT2D eigenvalue weighted by molar-refractivity contribution is 0.679. The number of nitrogens with zero attached hydrogens (tertiary/aromatic N) is 3. The lowest BCUT2D eigenvalue weighted by atomic mass is 10.3. The minimum absolute atomic E-state index is 0.735. The molecule has 0 radical (unpaired) electrons. The predicted octanol–water partition coefficient (Wildman–Crippen LogP) is 1.22. The first kappa shape index (κ1) is 8.74. The van der Waals surface area contributed by atoms with E-state index in [-0.39, 0.29) is 0 Å². The highest BCUT2D eigenvalue weighted by molar-refractivity contribution is 5.39. The molecule has 0 spiro atoms. The summed E-state index contributed by atoms with van der Waals surface area (Å²) >= 11 is 0. The number of aromatic nitrogens is 3. The summed E-state index contributed by atoms with van der Waals surface area (Å²) in [5, 5.41) is 4.28. The van der Waals surface area contributed by atoms with Crippen molar-refractivity contribution in [1.29, 1.82) is 0 Å². The van der Waals surface area contributed by atoms with Crippen molar-refractivity contribution in [2.75, 3.05) is 5.73 Å². The lowest BCUT2D eigenvalue weighted by Gasteiger charge is -1.99. The van der Waals surface area contributed by atoms with Gasteiger partial charge in [-0.05, 0) is 24.6 Å². The number of aryl methyl sites for hydroxylation is 1. The van der Waals surface area contributed by atoms with Crippen LogP contribution in [0.15, 0.2) is 30.7 Å². The Balaban J connectivity index is 2.19. The predicted molar refractivity (Wildman–Crippen MR) is 54.7 cm³/mol. The summed E-state index contributed by atoms with van der Waals surface area (Å²) in [5.41, 5.74) is 8.48. The molecule has 2 aromatic heterocycles. The van der Waals surface area contributed by atoms with Crippen molar-refractivity contribution in [1.82, 2.24) is 14.8 Å². The number of nitrogens with two attached hydrogens (primary N) is 1. The number of anilines is 1. The third-order valence-electron chi connectivity index (χ3n) is 2.08. The Bertz CT molecular complexity index is 399. The van der Waals surface area contributed by atoms with Gasteiger partial charge in [-0.3, -0.25) is 9.67 Å². The maximum absolute atomic E-state index is 5.70. The lowest BCUT2D eigenvalue weighted by Crippen LogP contribution is -2.00. The Morgan fingerprint density at radius 1 is 1.36 bits per heavy atom. The molecule has 2 rings (SSSR count). The molecular formula is C10H12N4. The van der Waals surface area contributed by atoms with Crippen molar-refractivity contribution in [3.05, 3.63) is 42.0 Å². The third kappa shape index (κ3) is 1.74. The molecule has 0 aliphatic heterocycles. The van der Waals surface area contributed by atoms with E-state index >= 15 is 0 Å². The summed E-state index contributed by atoms with van der Waals surface area (Å²) in [6.07, 6.45) is 5.39. The van der Waals surface area contributed by atoms with E-state index in [1.165, 1.54) is 5.56 Å². The van der Waals surface area contributed by atoms with E-state index in [1.54, 1.807) is 12.4 Å². The van der Waals surface area contributed by atoms with Crippen molar-refractivity contribution in [2.24, 2.45) is 0 Å². The molecule has 0 fully saturated rings. The van der Waals surface area contributed by atoms with Gasteiger partial charge in [-0.2, -0.15) is 5.10 Å². The van der Waals surface area contributed by atoms with Gasteiger partial charge in [-0.25, -0.2) is 0 Å². The van der Waals surface area contributed by atoms with Gasteiger partial charge in [0, 0.05) is 18.6 Å². The molecule has 2 aromatic rings. The molecule has 2 heterocycles. The van der Waals surface area contributed by atoms with Crippen LogP contribution in [0.5, 0.6) is 0 Å². The van der Waals surface area contributed by atoms with E-state index in [1.807, 2.05) is 29.9 Å². The minimum Gasteiger partial charge on any atom is -0.396 e. The first-order chi connectivity index (χ1) is 6.75. The van der Waals surface area contributed by atoms with E-state index in [9.17, 15) is 0 Å². The van der Waals surface area contributed by atoms with E-state index in [0.29, 0.717) is 0 Å². The molecule has 0 saturated carbocycles. The summed E-state index contributed by atoms with van der Waals surface area (Å²) in [7, 11) is 0. The molecule has 4 heteroatoms. The van der Waals surface area contributed by atoms with E-state index in [2.05, 4.69) is 10.1 Å². The van der Waals surface area contributed by atoms with Crippen LogP contribution >= 0.6 is 0 Å². The molecule has 0 aliphatic carbocycles. The van der Waals surface area contributed by atoms with Crippen LogP contribution in [0, 0.1) is 6.92 Å². The molecular weight excluding hydrogens is 176 g/mol. The second-order valence-electron chi connectivity index (χ2n) is 3.22. The summed E-state index contributed by atoms with van der Waals surface area (Å²) < 4.78 is 1.83. The zero-order valence-electron chi connectivity index (χ0n) is 8.01. The zero-order chi connectivity index (χ0) is 9.97. The molecule has 0 saturated heterocycles. The van der Waals surface area contributed by atoms with E-state index in [4.69, 9.17) is 5.73 Å². The summed E-state index contributed by atoms with van der Waals surface area (Å²) in [6, 6.07) is 3.93. The molecule has 0 amide bonds. The summed E-state index contributed by atoms with van der Waals surface area (Å²) in [5.74, 6) is 0. The van der Waals surface area contributed by atoms with E-state index < -0.39 is 0 Å². The van der Waals surface area contributed by atoms with Gasteiger partial charge in [0.1, 0.15) is 0 Å². The minimum atomic E-state index is 0.735. The van der Waals surface area contributed by atoms with Crippen LogP contribution in [0.2, 0.25) is 0 Å². The van der Waals surface area contributed by atoms with Crippen molar-refractivity contribution in [3.8, 4) is 0 Å². The topological polar surface area (TPSA) is 56.7 Å². The Hall–Kier alpha value is -1.84. The van der Waals surface area contributed by atoms with Gasteiger partial charge >= 0.3 is 0 Å². The molecule has 0 aliphatic rings. The van der Waals surface area contributed by atoms with Gasteiger partial charge in [0.05, 0.1) is 17.9 Å². The Morgan fingerprint density at radius 2 is 2.07 bits per heavy atom. The zero-order valence-corrected chi connectivity index (χ0v) is 8.01. The van der Waals surface area contributed by atoms with Crippen molar-refractivity contribution in [2.45, 2.75) is 13.5 Å². The maximum atomic E-state index is 5.70. The average Bonchev–Trinajstić information content (AvgIpc) is 2.47. The highest BCUT2D eigenvalue weighted by Gasteiger charge is 2.00. The van der Waals surface area contributed by atoms with Gasteiger partial charge in [0.25, 0.3) is 0 Å². The van der Waals surface area contributed by atoms with Crippen LogP contribution in [0.25, 0.3) is 0 Å². The number of hydrogen-bond donors (Lipinski definition) is 1. The molecule has 14 heavy (non-hydrogen) atoms. The van der Waals surface area contributed by atoms with Crippen LogP contribution in [0.1, 0.15) is 11.3 Å². The van der Waals surface area contributed by atoms with E-state index in [0.717, 1.165) is 17.9 Å². The van der Waals surface area contributed by atoms with Gasteiger partial charge < -0.3 is 5.73 Å². The van der Waals surface area contributed by atoms with Gasteiger partial charge in [0.15, 0.2) is 0 Å². The molecule has 0 atom stereocenters. The van der Waals surface area contributed by atoms with Gasteiger partial charge in [-0.1, -0.05) is 0 Å². The SMILES string of the molecule is Cc1nn(Cc2ccncc2)cc1N. The third-order valence-corrected chi connectivity index (χ3v) is 2.08. The Labute approximate surface area is 82.4 Å². The standard InChI is InChI=1S/C10H12N4/c1-8-10(11)7-14(13-8)6-9-2-4-12-5-3-9/h2-5,7H,6,11H2,1H3. The fourth-order valence-electron chi connectivity index (χ4n) is 1.29. The maximum Gasteiger partial charge on any atom is 0.0823 e. The Kier molecular flexibility index (Phi) is 2.18. The average molecular weight is 188 g/mol. The van der Waals surface area contributed by atoms with Crippen LogP contribution < -0.4 is 5.73 Å². The van der Waals surface area contributed by atoms with Gasteiger partial charge in [0.2, 0.25) is 0 Å². The summed E-state index contributed by atoms with van der Waals surface area (Å²) in [4.78, 5) is 3.96. The number of hydrogen-bond acceptors (Lipinski definition) is 3. The number of nitrogen functional groups attached to an aromatic ring is 1. The molecule has 4 nitrogen and oxygen atoms in total. The fourth-order valence-corrected chi connectivity index (χ4v) is 1.29. The van der Waals surface area contributed by atoms with Crippen molar-refractivity contribution < 1.29 is 0 Å². The highest BCUT2D eigenvalue weighted by atomic mass is 15.3. The molecule has 0 aromatic carbocycles. The highest BCUT2D eigenvalue weighted by Crippen LogP contribution is 2.08. The largest absolute Gasteiger partial charge is 0.396 e. The molecule has 2 N–H and O–H groups in total. The second kappa shape index (κ2) is 3.49. The quantitative estimate of drug-likeness (QED) is 0.770. The normalized spacial score (nSPS) is 10.4. The summed E-state index contributed by atoms with van der Waals surface area (Å²) in [6.45, 7) is 2.64. The number of pyridine rings is 1.